The van der Waals surface area contributed by atoms with Crippen LogP contribution in [0, 0.1) is 0 Å². The van der Waals surface area contributed by atoms with E-state index >= 15 is 0 Å². The van der Waals surface area contributed by atoms with Crippen molar-refractivity contribution in [3.8, 4) is 0 Å². The zero-order valence-electron chi connectivity index (χ0n) is 11.2. The lowest BCUT2D eigenvalue weighted by Gasteiger charge is -2.08. The van der Waals surface area contributed by atoms with Gasteiger partial charge in [0.2, 0.25) is 0 Å². The molecular weight excluding hydrogens is 416 g/mol. The van der Waals surface area contributed by atoms with Gasteiger partial charge < -0.3 is 10.6 Å². The van der Waals surface area contributed by atoms with E-state index in [0.29, 0.717) is 11.6 Å². The summed E-state index contributed by atoms with van der Waals surface area (Å²) in [6.45, 7) is 0.739. The first-order chi connectivity index (χ1) is 10.1. The van der Waals surface area contributed by atoms with Crippen LogP contribution in [-0.2, 0) is 6.54 Å². The maximum atomic E-state index is 12.0. The quantitative estimate of drug-likeness (QED) is 0.718. The fourth-order valence-electron chi connectivity index (χ4n) is 1.93. The third-order valence-electron chi connectivity index (χ3n) is 3.20. The van der Waals surface area contributed by atoms with Crippen molar-refractivity contribution < 1.29 is 4.79 Å². The molecule has 3 nitrogen and oxygen atoms in total. The smallest absolute Gasteiger partial charge is 0.251 e. The number of nitrogens with one attached hydrogen (secondary N) is 2. The third-order valence-corrected chi connectivity index (χ3v) is 6.46. The monoisotopic (exact) mass is 428 g/mol. The topological polar surface area (TPSA) is 41.1 Å². The first-order valence-corrected chi connectivity index (χ1v) is 9.10. The molecular formula is C15H14Br2N2OS. The molecule has 1 amide bonds. The molecule has 110 valence electrons. The number of hydrogen-bond donors (Lipinski definition) is 2. The van der Waals surface area contributed by atoms with E-state index in [4.69, 9.17) is 0 Å². The van der Waals surface area contributed by atoms with Gasteiger partial charge >= 0.3 is 0 Å². The highest BCUT2D eigenvalue weighted by Gasteiger charge is 2.23. The van der Waals surface area contributed by atoms with Gasteiger partial charge in [-0.2, -0.15) is 0 Å². The van der Waals surface area contributed by atoms with Crippen LogP contribution in [-0.4, -0.2) is 11.9 Å². The molecule has 0 aliphatic heterocycles. The second-order valence-electron chi connectivity index (χ2n) is 5.02. The molecule has 0 atom stereocenters. The van der Waals surface area contributed by atoms with Crippen molar-refractivity contribution in [2.45, 2.75) is 25.4 Å². The molecule has 0 unspecified atom stereocenters. The number of hydrogen-bond acceptors (Lipinski definition) is 3. The van der Waals surface area contributed by atoms with Crippen LogP contribution in [0.1, 0.15) is 28.1 Å². The van der Waals surface area contributed by atoms with E-state index in [1.165, 1.54) is 4.88 Å². The van der Waals surface area contributed by atoms with E-state index in [-0.39, 0.29) is 5.91 Å². The van der Waals surface area contributed by atoms with E-state index in [1.54, 1.807) is 11.3 Å². The molecule has 1 aliphatic carbocycles. The van der Waals surface area contributed by atoms with Gasteiger partial charge in [0.25, 0.3) is 5.91 Å². The first kappa shape index (κ1) is 15.1. The van der Waals surface area contributed by atoms with Crippen molar-refractivity contribution in [1.82, 2.24) is 5.32 Å². The highest BCUT2D eigenvalue weighted by Crippen LogP contribution is 2.32. The molecule has 1 fully saturated rings. The minimum Gasteiger partial charge on any atom is -0.380 e. The Morgan fingerprint density at radius 1 is 1.29 bits per heavy atom. The van der Waals surface area contributed by atoms with Gasteiger partial charge in [-0.05, 0) is 69.0 Å². The Hall–Kier alpha value is -0.850. The third kappa shape index (κ3) is 4.08. The fraction of sp³-hybridized carbons (Fsp3) is 0.267. The van der Waals surface area contributed by atoms with E-state index in [9.17, 15) is 4.79 Å². The Balaban J connectivity index is 1.63. The Bertz CT molecular complexity index is 648. The molecule has 6 heteroatoms. The largest absolute Gasteiger partial charge is 0.380 e. The molecule has 2 N–H and O–H groups in total. The number of anilines is 1. The molecule has 0 bridgehead atoms. The minimum atomic E-state index is 0.0164. The summed E-state index contributed by atoms with van der Waals surface area (Å²) in [4.78, 5) is 13.2. The van der Waals surface area contributed by atoms with Crippen LogP contribution in [0.25, 0.3) is 0 Å². The van der Waals surface area contributed by atoms with E-state index in [1.807, 2.05) is 24.3 Å². The molecule has 1 heterocycles. The average molecular weight is 430 g/mol. The zero-order chi connectivity index (χ0) is 14.8. The summed E-state index contributed by atoms with van der Waals surface area (Å²) in [5.74, 6) is 0.0164. The summed E-state index contributed by atoms with van der Waals surface area (Å²) >= 11 is 8.67. The van der Waals surface area contributed by atoms with E-state index in [2.05, 4.69) is 48.6 Å². The molecule has 0 radical (unpaired) electrons. The number of rotatable bonds is 5. The summed E-state index contributed by atoms with van der Waals surface area (Å²) in [6, 6.07) is 10.1. The lowest BCUT2D eigenvalue weighted by molar-refractivity contribution is 0.0951. The van der Waals surface area contributed by atoms with Gasteiger partial charge in [-0.25, -0.2) is 0 Å². The number of amides is 1. The number of benzene rings is 1. The maximum absolute atomic E-state index is 12.0. The molecule has 1 aromatic heterocycles. The van der Waals surface area contributed by atoms with Gasteiger partial charge in [-0.3, -0.25) is 4.79 Å². The fourth-order valence-corrected chi connectivity index (χ4v) is 4.05. The second kappa shape index (κ2) is 6.50. The molecule has 1 aliphatic rings. The summed E-state index contributed by atoms with van der Waals surface area (Å²) in [5.41, 5.74) is 1.67. The highest BCUT2D eigenvalue weighted by atomic mass is 79.9. The molecule has 1 aromatic carbocycles. The lowest BCUT2D eigenvalue weighted by atomic mass is 10.2. The van der Waals surface area contributed by atoms with Crippen molar-refractivity contribution in [2.24, 2.45) is 0 Å². The summed E-state index contributed by atoms with van der Waals surface area (Å²) in [5, 5.41) is 6.36. The van der Waals surface area contributed by atoms with Crippen molar-refractivity contribution in [1.29, 1.82) is 0 Å². The Labute approximate surface area is 144 Å². The SMILES string of the molecule is O=C(NC1CC1)c1cccc(NCc2cc(Br)c(Br)s2)c1. The van der Waals surface area contributed by atoms with Gasteiger partial charge in [-0.1, -0.05) is 6.07 Å². The minimum absolute atomic E-state index is 0.0164. The number of thiophene rings is 1. The number of halogens is 2. The molecule has 0 saturated heterocycles. The molecule has 21 heavy (non-hydrogen) atoms. The van der Waals surface area contributed by atoms with Crippen molar-refractivity contribution in [2.75, 3.05) is 5.32 Å². The van der Waals surface area contributed by atoms with Gasteiger partial charge in [-0.15, -0.1) is 11.3 Å². The lowest BCUT2D eigenvalue weighted by Crippen LogP contribution is -2.25. The van der Waals surface area contributed by atoms with Gasteiger partial charge in [0.05, 0.1) is 3.79 Å². The van der Waals surface area contributed by atoms with Crippen LogP contribution in [0.2, 0.25) is 0 Å². The van der Waals surface area contributed by atoms with E-state index in [0.717, 1.165) is 33.3 Å². The van der Waals surface area contributed by atoms with Crippen LogP contribution < -0.4 is 10.6 Å². The van der Waals surface area contributed by atoms with Crippen molar-refractivity contribution in [3.05, 3.63) is 49.0 Å². The molecule has 3 rings (SSSR count). The van der Waals surface area contributed by atoms with Crippen LogP contribution >= 0.6 is 43.2 Å². The van der Waals surface area contributed by atoms with Gasteiger partial charge in [0, 0.05) is 33.2 Å². The van der Waals surface area contributed by atoms with Gasteiger partial charge in [0.1, 0.15) is 0 Å². The predicted molar refractivity (Wildman–Crippen MR) is 94.0 cm³/mol. The first-order valence-electron chi connectivity index (χ1n) is 6.70. The standard InChI is InChI=1S/C15H14Br2N2OS/c16-13-7-12(21-14(13)17)8-18-11-3-1-2-9(6-11)15(20)19-10-4-5-10/h1-3,6-7,10,18H,4-5,8H2,(H,19,20). The second-order valence-corrected chi connectivity index (χ2v) is 8.33. The Kier molecular flexibility index (Phi) is 4.66. The average Bonchev–Trinajstić information content (AvgIpc) is 3.22. The summed E-state index contributed by atoms with van der Waals surface area (Å²) in [7, 11) is 0. The van der Waals surface area contributed by atoms with Crippen LogP contribution in [0.3, 0.4) is 0 Å². The Morgan fingerprint density at radius 3 is 2.76 bits per heavy atom. The summed E-state index contributed by atoms with van der Waals surface area (Å²) in [6.07, 6.45) is 2.21. The van der Waals surface area contributed by atoms with Crippen molar-refractivity contribution >= 4 is 54.8 Å². The van der Waals surface area contributed by atoms with E-state index < -0.39 is 0 Å². The van der Waals surface area contributed by atoms with Crippen molar-refractivity contribution in [3.63, 3.8) is 0 Å². The van der Waals surface area contributed by atoms with Crippen LogP contribution in [0.15, 0.2) is 38.6 Å². The molecule has 0 spiro atoms. The van der Waals surface area contributed by atoms with Crippen LogP contribution in [0.5, 0.6) is 0 Å². The number of carbonyl (C=O) groups excluding carboxylic acids is 1. The molecule has 2 aromatic rings. The predicted octanol–water partition coefficient (Wildman–Crippen LogP) is 4.78. The van der Waals surface area contributed by atoms with Gasteiger partial charge in [0.15, 0.2) is 0 Å². The number of carbonyl (C=O) groups is 1. The zero-order valence-corrected chi connectivity index (χ0v) is 15.1. The van der Waals surface area contributed by atoms with Crippen LogP contribution in [0.4, 0.5) is 5.69 Å². The highest BCUT2D eigenvalue weighted by molar-refractivity contribution is 9.13. The summed E-state index contributed by atoms with van der Waals surface area (Å²) < 4.78 is 2.17. The maximum Gasteiger partial charge on any atom is 0.251 e. The normalized spacial score (nSPS) is 14.0. The Morgan fingerprint density at radius 2 is 2.10 bits per heavy atom. The molecule has 1 saturated carbocycles.